The maximum Gasteiger partial charge on any atom is 0.0667 e. The van der Waals surface area contributed by atoms with Gasteiger partial charge in [-0.1, -0.05) is 18.2 Å². The van der Waals surface area contributed by atoms with E-state index in [-0.39, 0.29) is 6.10 Å². The molecule has 108 valence electrons. The summed E-state index contributed by atoms with van der Waals surface area (Å²) in [6.45, 7) is 7.89. The highest BCUT2D eigenvalue weighted by Gasteiger charge is 2.12. The summed E-state index contributed by atoms with van der Waals surface area (Å²) in [5, 5.41) is 8.06. The Labute approximate surface area is 120 Å². The Balaban J connectivity index is 2.13. The van der Waals surface area contributed by atoms with Crippen LogP contribution in [0.5, 0.6) is 0 Å². The largest absolute Gasteiger partial charge is 0.380 e. The molecule has 1 aromatic carbocycles. The van der Waals surface area contributed by atoms with Gasteiger partial charge < -0.3 is 10.1 Å². The number of aromatic nitrogens is 2. The summed E-state index contributed by atoms with van der Waals surface area (Å²) in [7, 11) is 1.73. The van der Waals surface area contributed by atoms with Crippen LogP contribution >= 0.6 is 0 Å². The first-order valence-electron chi connectivity index (χ1n) is 6.97. The lowest BCUT2D eigenvalue weighted by Gasteiger charge is -2.11. The van der Waals surface area contributed by atoms with Gasteiger partial charge in [-0.2, -0.15) is 5.10 Å². The summed E-state index contributed by atoms with van der Waals surface area (Å²) < 4.78 is 7.25. The molecule has 1 atom stereocenters. The lowest BCUT2D eigenvalue weighted by molar-refractivity contribution is 0.117. The van der Waals surface area contributed by atoms with Crippen LogP contribution in [-0.2, 0) is 11.3 Å². The van der Waals surface area contributed by atoms with E-state index in [9.17, 15) is 0 Å². The van der Waals surface area contributed by atoms with E-state index < -0.39 is 0 Å². The summed E-state index contributed by atoms with van der Waals surface area (Å²) in [6.07, 6.45) is 0.222. The highest BCUT2D eigenvalue weighted by Crippen LogP contribution is 2.17. The topological polar surface area (TPSA) is 39.1 Å². The van der Waals surface area contributed by atoms with Gasteiger partial charge in [0.25, 0.3) is 0 Å². The van der Waals surface area contributed by atoms with E-state index in [0.717, 1.165) is 24.5 Å². The third-order valence-corrected chi connectivity index (χ3v) is 3.58. The molecule has 0 aliphatic heterocycles. The summed E-state index contributed by atoms with van der Waals surface area (Å²) in [5.41, 5.74) is 4.62. The predicted molar refractivity (Wildman–Crippen MR) is 81.2 cm³/mol. The Morgan fingerprint density at radius 2 is 1.95 bits per heavy atom. The number of nitrogens with one attached hydrogen (secondary N) is 1. The van der Waals surface area contributed by atoms with Crippen LogP contribution < -0.4 is 5.32 Å². The number of hydrogen-bond donors (Lipinski definition) is 1. The standard InChI is InChI=1S/C16H23N3O/c1-12(20-4)10-17-11-16-13(2)18-19(14(16)3)15-8-6-5-7-9-15/h5-9,12,17H,10-11H2,1-4H3. The quantitative estimate of drug-likeness (QED) is 0.879. The molecule has 1 aromatic heterocycles. The average Bonchev–Trinajstić information content (AvgIpc) is 2.75. The number of benzene rings is 1. The first-order chi connectivity index (χ1) is 9.63. The van der Waals surface area contributed by atoms with E-state index >= 15 is 0 Å². The lowest BCUT2D eigenvalue weighted by Crippen LogP contribution is -2.25. The van der Waals surface area contributed by atoms with Crippen LogP contribution in [-0.4, -0.2) is 29.5 Å². The second-order valence-corrected chi connectivity index (χ2v) is 5.07. The molecule has 2 aromatic rings. The molecule has 0 saturated carbocycles. The van der Waals surface area contributed by atoms with Crippen molar-refractivity contribution >= 4 is 0 Å². The van der Waals surface area contributed by atoms with Crippen LogP contribution in [0.1, 0.15) is 23.9 Å². The molecule has 0 bridgehead atoms. The maximum atomic E-state index is 5.24. The van der Waals surface area contributed by atoms with Gasteiger partial charge in [0.2, 0.25) is 0 Å². The number of methoxy groups -OCH3 is 1. The Bertz CT molecular complexity index is 548. The van der Waals surface area contributed by atoms with Crippen LogP contribution in [0.4, 0.5) is 0 Å². The van der Waals surface area contributed by atoms with Crippen LogP contribution in [0.3, 0.4) is 0 Å². The molecule has 1 N–H and O–H groups in total. The molecule has 2 rings (SSSR count). The molecule has 0 amide bonds. The Kier molecular flexibility index (Phi) is 4.93. The fraction of sp³-hybridized carbons (Fsp3) is 0.438. The molecule has 0 aliphatic carbocycles. The van der Waals surface area contributed by atoms with Gasteiger partial charge in [0.1, 0.15) is 0 Å². The van der Waals surface area contributed by atoms with Gasteiger partial charge >= 0.3 is 0 Å². The van der Waals surface area contributed by atoms with Crippen LogP contribution in [0.25, 0.3) is 5.69 Å². The van der Waals surface area contributed by atoms with Gasteiger partial charge in [-0.3, -0.25) is 0 Å². The van der Waals surface area contributed by atoms with Crippen molar-refractivity contribution in [2.24, 2.45) is 0 Å². The fourth-order valence-electron chi connectivity index (χ4n) is 2.24. The lowest BCUT2D eigenvalue weighted by atomic mass is 10.2. The molecule has 0 spiro atoms. The smallest absolute Gasteiger partial charge is 0.0667 e. The summed E-state index contributed by atoms with van der Waals surface area (Å²) >= 11 is 0. The van der Waals surface area contributed by atoms with Crippen molar-refractivity contribution in [3.63, 3.8) is 0 Å². The number of para-hydroxylation sites is 1. The third kappa shape index (κ3) is 3.26. The van der Waals surface area contributed by atoms with Gasteiger partial charge in [-0.25, -0.2) is 4.68 Å². The van der Waals surface area contributed by atoms with Crippen LogP contribution in [0.2, 0.25) is 0 Å². The molecule has 1 heterocycles. The molecule has 0 aliphatic rings. The third-order valence-electron chi connectivity index (χ3n) is 3.58. The van der Waals surface area contributed by atoms with Gasteiger partial charge in [0, 0.05) is 31.5 Å². The van der Waals surface area contributed by atoms with Crippen molar-refractivity contribution < 1.29 is 4.74 Å². The number of nitrogens with zero attached hydrogens (tertiary/aromatic N) is 2. The van der Waals surface area contributed by atoms with Crippen LogP contribution in [0, 0.1) is 13.8 Å². The Hall–Kier alpha value is -1.65. The molecule has 0 fully saturated rings. The van der Waals surface area contributed by atoms with Crippen molar-refractivity contribution in [2.75, 3.05) is 13.7 Å². The van der Waals surface area contributed by atoms with Crippen LogP contribution in [0.15, 0.2) is 30.3 Å². The number of ether oxygens (including phenoxy) is 1. The Morgan fingerprint density at radius 3 is 2.60 bits per heavy atom. The second-order valence-electron chi connectivity index (χ2n) is 5.07. The first kappa shape index (κ1) is 14.8. The second kappa shape index (κ2) is 6.68. The molecule has 1 unspecified atom stereocenters. The molecule has 0 radical (unpaired) electrons. The normalized spacial score (nSPS) is 12.6. The minimum absolute atomic E-state index is 0.222. The van der Waals surface area contributed by atoms with E-state index in [1.807, 2.05) is 22.9 Å². The first-order valence-corrected chi connectivity index (χ1v) is 6.97. The van der Waals surface area contributed by atoms with E-state index in [1.165, 1.54) is 11.3 Å². The van der Waals surface area contributed by atoms with Crippen molar-refractivity contribution in [3.05, 3.63) is 47.3 Å². The number of aryl methyl sites for hydroxylation is 1. The van der Waals surface area contributed by atoms with E-state index in [1.54, 1.807) is 7.11 Å². The van der Waals surface area contributed by atoms with E-state index in [2.05, 4.69) is 43.3 Å². The molecule has 4 heteroatoms. The molecule has 4 nitrogen and oxygen atoms in total. The zero-order valence-corrected chi connectivity index (χ0v) is 12.7. The van der Waals surface area contributed by atoms with Crippen molar-refractivity contribution in [1.82, 2.24) is 15.1 Å². The van der Waals surface area contributed by atoms with Gasteiger partial charge in [-0.05, 0) is 32.9 Å². The number of hydrogen-bond acceptors (Lipinski definition) is 3. The molecular weight excluding hydrogens is 250 g/mol. The summed E-state index contributed by atoms with van der Waals surface area (Å²) in [6, 6.07) is 10.2. The highest BCUT2D eigenvalue weighted by atomic mass is 16.5. The SMILES string of the molecule is COC(C)CNCc1c(C)nn(-c2ccccc2)c1C. The van der Waals surface area contributed by atoms with Crippen molar-refractivity contribution in [2.45, 2.75) is 33.4 Å². The van der Waals surface area contributed by atoms with Gasteiger partial charge in [-0.15, -0.1) is 0 Å². The fourth-order valence-corrected chi connectivity index (χ4v) is 2.24. The monoisotopic (exact) mass is 273 g/mol. The molecule has 0 saturated heterocycles. The predicted octanol–water partition coefficient (Wildman–Crippen LogP) is 2.61. The van der Waals surface area contributed by atoms with Gasteiger partial charge in [0.05, 0.1) is 17.5 Å². The molecule has 20 heavy (non-hydrogen) atoms. The minimum atomic E-state index is 0.222. The van der Waals surface area contributed by atoms with Crippen molar-refractivity contribution in [1.29, 1.82) is 0 Å². The zero-order chi connectivity index (χ0) is 14.5. The summed E-state index contributed by atoms with van der Waals surface area (Å²) in [5.74, 6) is 0. The maximum absolute atomic E-state index is 5.24. The number of rotatable bonds is 6. The van der Waals surface area contributed by atoms with Gasteiger partial charge in [0.15, 0.2) is 0 Å². The minimum Gasteiger partial charge on any atom is -0.380 e. The highest BCUT2D eigenvalue weighted by molar-refractivity contribution is 5.36. The summed E-state index contributed by atoms with van der Waals surface area (Å²) in [4.78, 5) is 0. The molecular formula is C16H23N3O. The Morgan fingerprint density at radius 1 is 1.25 bits per heavy atom. The zero-order valence-electron chi connectivity index (χ0n) is 12.7. The average molecular weight is 273 g/mol. The van der Waals surface area contributed by atoms with E-state index in [4.69, 9.17) is 4.74 Å². The van der Waals surface area contributed by atoms with E-state index in [0.29, 0.717) is 0 Å². The van der Waals surface area contributed by atoms with Crippen molar-refractivity contribution in [3.8, 4) is 5.69 Å².